The second kappa shape index (κ2) is 4.80. The summed E-state index contributed by atoms with van der Waals surface area (Å²) in [6.45, 7) is 0. The van der Waals surface area contributed by atoms with Crippen molar-refractivity contribution in [3.63, 3.8) is 0 Å². The zero-order valence-corrected chi connectivity index (χ0v) is 9.34. The molecule has 0 fully saturated rings. The zero-order valence-electron chi connectivity index (χ0n) is 9.34. The highest BCUT2D eigenvalue weighted by molar-refractivity contribution is 5.53. The van der Waals surface area contributed by atoms with Crippen molar-refractivity contribution in [2.75, 3.05) is 0 Å². The molecular weight excluding hydrogens is 212 g/mol. The van der Waals surface area contributed by atoms with Gasteiger partial charge in [0.2, 0.25) is 6.41 Å². The van der Waals surface area contributed by atoms with Gasteiger partial charge in [0, 0.05) is 0 Å². The number of hydrogen-bond acceptors (Lipinski definition) is 2. The number of nitrogens with two attached hydrogens (primary N) is 1. The third-order valence-electron chi connectivity index (χ3n) is 2.74. The number of amides is 1. The molecule has 0 aliphatic rings. The van der Waals surface area contributed by atoms with Crippen molar-refractivity contribution in [3.8, 4) is 0 Å². The minimum atomic E-state index is -0.982. The molecule has 0 aliphatic heterocycles. The van der Waals surface area contributed by atoms with E-state index >= 15 is 0 Å². The fourth-order valence-corrected chi connectivity index (χ4v) is 1.83. The smallest absolute Gasteiger partial charge is 0.209 e. The Morgan fingerprint density at radius 3 is 1.65 bits per heavy atom. The Kier molecular flexibility index (Phi) is 3.21. The van der Waals surface area contributed by atoms with Gasteiger partial charge in [-0.2, -0.15) is 0 Å². The Hall–Kier alpha value is -2.13. The molecule has 0 atom stereocenters. The van der Waals surface area contributed by atoms with Crippen molar-refractivity contribution in [1.29, 1.82) is 0 Å². The number of carbonyl (C=O) groups is 1. The van der Waals surface area contributed by atoms with Crippen molar-refractivity contribution in [3.05, 3.63) is 71.8 Å². The van der Waals surface area contributed by atoms with Gasteiger partial charge in [-0.15, -0.1) is 0 Å². The van der Waals surface area contributed by atoms with E-state index in [0.717, 1.165) is 11.1 Å². The quantitative estimate of drug-likeness (QED) is 0.614. The largest absolute Gasteiger partial charge is 0.333 e. The molecule has 86 valence electrons. The van der Waals surface area contributed by atoms with E-state index in [-0.39, 0.29) is 0 Å². The molecule has 0 unspecified atom stereocenters. The molecule has 0 aromatic heterocycles. The van der Waals surface area contributed by atoms with E-state index in [1.807, 2.05) is 60.7 Å². The highest BCUT2D eigenvalue weighted by atomic mass is 16.1. The molecule has 2 aromatic carbocycles. The van der Waals surface area contributed by atoms with E-state index in [9.17, 15) is 4.79 Å². The van der Waals surface area contributed by atoms with Crippen molar-refractivity contribution in [2.24, 2.45) is 5.73 Å². The van der Waals surface area contributed by atoms with Gasteiger partial charge in [0.15, 0.2) is 0 Å². The minimum absolute atomic E-state index is 0.625. The lowest BCUT2D eigenvalue weighted by atomic mass is 9.92. The number of hydrogen-bond donors (Lipinski definition) is 2. The van der Waals surface area contributed by atoms with Crippen LogP contribution >= 0.6 is 0 Å². The zero-order chi connectivity index (χ0) is 12.1. The summed E-state index contributed by atoms with van der Waals surface area (Å²) >= 11 is 0. The second-order valence-electron chi connectivity index (χ2n) is 3.80. The maximum atomic E-state index is 10.8. The monoisotopic (exact) mass is 226 g/mol. The Labute approximate surface area is 100 Å². The predicted octanol–water partition coefficient (Wildman–Crippen LogP) is 1.59. The first kappa shape index (κ1) is 11.4. The molecule has 0 heterocycles. The van der Waals surface area contributed by atoms with Gasteiger partial charge < -0.3 is 11.1 Å². The molecule has 1 amide bonds. The van der Waals surface area contributed by atoms with E-state index in [2.05, 4.69) is 5.32 Å². The topological polar surface area (TPSA) is 55.1 Å². The molecule has 2 rings (SSSR count). The average Bonchev–Trinajstić information content (AvgIpc) is 2.41. The molecule has 0 spiro atoms. The van der Waals surface area contributed by atoms with Crippen LogP contribution in [0.4, 0.5) is 0 Å². The van der Waals surface area contributed by atoms with Gasteiger partial charge >= 0.3 is 0 Å². The molecule has 3 heteroatoms. The van der Waals surface area contributed by atoms with Crippen LogP contribution in [-0.4, -0.2) is 6.41 Å². The summed E-state index contributed by atoms with van der Waals surface area (Å²) in [7, 11) is 0. The van der Waals surface area contributed by atoms with Crippen LogP contribution in [0.3, 0.4) is 0 Å². The van der Waals surface area contributed by atoms with Crippen LogP contribution in [0.2, 0.25) is 0 Å². The lowest BCUT2D eigenvalue weighted by Crippen LogP contribution is -2.50. The molecule has 3 nitrogen and oxygen atoms in total. The van der Waals surface area contributed by atoms with Crippen LogP contribution in [-0.2, 0) is 10.5 Å². The Morgan fingerprint density at radius 1 is 0.882 bits per heavy atom. The van der Waals surface area contributed by atoms with Crippen molar-refractivity contribution < 1.29 is 4.79 Å². The normalized spacial score (nSPS) is 10.9. The molecule has 0 saturated heterocycles. The first-order valence-corrected chi connectivity index (χ1v) is 5.38. The maximum Gasteiger partial charge on any atom is 0.209 e. The van der Waals surface area contributed by atoms with E-state index in [1.54, 1.807) is 0 Å². The third kappa shape index (κ3) is 2.19. The molecule has 17 heavy (non-hydrogen) atoms. The van der Waals surface area contributed by atoms with Gasteiger partial charge in [0.05, 0.1) is 0 Å². The van der Waals surface area contributed by atoms with Gasteiger partial charge in [-0.1, -0.05) is 60.7 Å². The van der Waals surface area contributed by atoms with Crippen LogP contribution in [0.25, 0.3) is 0 Å². The minimum Gasteiger partial charge on any atom is -0.333 e. The molecular formula is C14H14N2O. The molecule has 2 aromatic rings. The molecule has 0 aliphatic carbocycles. The maximum absolute atomic E-state index is 10.8. The van der Waals surface area contributed by atoms with E-state index in [4.69, 9.17) is 5.73 Å². The Bertz CT molecular complexity index is 443. The molecule has 0 bridgehead atoms. The highest BCUT2D eigenvalue weighted by Gasteiger charge is 2.28. The van der Waals surface area contributed by atoms with Crippen LogP contribution in [0.1, 0.15) is 11.1 Å². The van der Waals surface area contributed by atoms with Gasteiger partial charge in [-0.05, 0) is 11.1 Å². The Balaban J connectivity index is 2.50. The van der Waals surface area contributed by atoms with Crippen LogP contribution in [0.5, 0.6) is 0 Å². The van der Waals surface area contributed by atoms with Crippen molar-refractivity contribution in [2.45, 2.75) is 5.66 Å². The summed E-state index contributed by atoms with van der Waals surface area (Å²) in [5.74, 6) is 0. The lowest BCUT2D eigenvalue weighted by molar-refractivity contribution is -0.110. The molecule has 0 saturated carbocycles. The van der Waals surface area contributed by atoms with Crippen LogP contribution in [0.15, 0.2) is 60.7 Å². The summed E-state index contributed by atoms with van der Waals surface area (Å²) in [5, 5.41) is 2.69. The first-order chi connectivity index (χ1) is 8.27. The number of rotatable bonds is 4. The Morgan fingerprint density at radius 2 is 1.29 bits per heavy atom. The SMILES string of the molecule is NC(NC=O)(c1ccccc1)c1ccccc1. The highest BCUT2D eigenvalue weighted by Crippen LogP contribution is 2.23. The number of benzene rings is 2. The van der Waals surface area contributed by atoms with Gasteiger partial charge in [0.25, 0.3) is 0 Å². The fourth-order valence-electron chi connectivity index (χ4n) is 1.83. The fraction of sp³-hybridized carbons (Fsp3) is 0.0714. The van der Waals surface area contributed by atoms with E-state index < -0.39 is 5.66 Å². The second-order valence-corrected chi connectivity index (χ2v) is 3.80. The van der Waals surface area contributed by atoms with Crippen LogP contribution in [0, 0.1) is 0 Å². The van der Waals surface area contributed by atoms with Crippen molar-refractivity contribution in [1.82, 2.24) is 5.32 Å². The standard InChI is InChI=1S/C14H14N2O/c15-14(16-11-17,12-7-3-1-4-8-12)13-9-5-2-6-10-13/h1-11H,15H2,(H,16,17). The van der Waals surface area contributed by atoms with Gasteiger partial charge in [-0.25, -0.2) is 0 Å². The lowest BCUT2D eigenvalue weighted by Gasteiger charge is -2.29. The molecule has 3 N–H and O–H groups in total. The van der Waals surface area contributed by atoms with E-state index in [1.165, 1.54) is 0 Å². The predicted molar refractivity (Wildman–Crippen MR) is 67.1 cm³/mol. The van der Waals surface area contributed by atoms with Crippen LogP contribution < -0.4 is 11.1 Å². The summed E-state index contributed by atoms with van der Waals surface area (Å²) in [5.41, 5.74) is 7.02. The summed E-state index contributed by atoms with van der Waals surface area (Å²) in [4.78, 5) is 10.8. The van der Waals surface area contributed by atoms with Crippen molar-refractivity contribution >= 4 is 6.41 Å². The summed E-state index contributed by atoms with van der Waals surface area (Å²) in [6.07, 6.45) is 0.625. The molecule has 0 radical (unpaired) electrons. The van der Waals surface area contributed by atoms with E-state index in [0.29, 0.717) is 6.41 Å². The third-order valence-corrected chi connectivity index (χ3v) is 2.74. The van der Waals surface area contributed by atoms with Gasteiger partial charge in [-0.3, -0.25) is 4.79 Å². The first-order valence-electron chi connectivity index (χ1n) is 5.38. The number of carbonyl (C=O) groups excluding carboxylic acids is 1. The summed E-state index contributed by atoms with van der Waals surface area (Å²) in [6, 6.07) is 19.0. The summed E-state index contributed by atoms with van der Waals surface area (Å²) < 4.78 is 0. The number of nitrogens with one attached hydrogen (secondary N) is 1. The van der Waals surface area contributed by atoms with Gasteiger partial charge in [0.1, 0.15) is 5.66 Å². The average molecular weight is 226 g/mol.